The van der Waals surface area contributed by atoms with Crippen LogP contribution >= 0.6 is 0 Å². The van der Waals surface area contributed by atoms with E-state index >= 15 is 0 Å². The van der Waals surface area contributed by atoms with E-state index in [4.69, 9.17) is 4.74 Å². The molecular formula is C17H20N2O4S. The van der Waals surface area contributed by atoms with E-state index in [1.54, 1.807) is 36.4 Å². The summed E-state index contributed by atoms with van der Waals surface area (Å²) in [4.78, 5) is 11.8. The average Bonchev–Trinajstić information content (AvgIpc) is 2.57. The summed E-state index contributed by atoms with van der Waals surface area (Å²) < 4.78 is 30.4. The first kappa shape index (κ1) is 17.8. The number of amides is 1. The molecule has 0 aromatic heterocycles. The number of sulfonamides is 1. The largest absolute Gasteiger partial charge is 0.484 e. The lowest BCUT2D eigenvalue weighted by Gasteiger charge is -2.22. The van der Waals surface area contributed by atoms with Gasteiger partial charge >= 0.3 is 0 Å². The van der Waals surface area contributed by atoms with Crippen LogP contribution in [-0.2, 0) is 14.8 Å². The van der Waals surface area contributed by atoms with Gasteiger partial charge in [-0.2, -0.15) is 0 Å². The Hall–Kier alpha value is -2.54. The molecule has 0 fully saturated rings. The van der Waals surface area contributed by atoms with Crippen molar-refractivity contribution in [2.24, 2.45) is 0 Å². The van der Waals surface area contributed by atoms with Gasteiger partial charge in [0.1, 0.15) is 5.75 Å². The maximum Gasteiger partial charge on any atom is 0.258 e. The number of carbonyl (C=O) groups is 1. The van der Waals surface area contributed by atoms with E-state index in [9.17, 15) is 13.2 Å². The molecule has 0 spiro atoms. The SMILES string of the molecule is CS(=O)(=O)N(CCNC(=O)COc1ccccc1)c1ccccc1. The summed E-state index contributed by atoms with van der Waals surface area (Å²) in [7, 11) is -3.42. The lowest BCUT2D eigenvalue weighted by atomic mass is 10.3. The Labute approximate surface area is 142 Å². The molecule has 1 amide bonds. The van der Waals surface area contributed by atoms with Crippen LogP contribution in [0.4, 0.5) is 5.69 Å². The van der Waals surface area contributed by atoms with Crippen LogP contribution in [0.1, 0.15) is 0 Å². The molecule has 0 radical (unpaired) electrons. The van der Waals surface area contributed by atoms with Crippen molar-refractivity contribution in [2.75, 3.05) is 30.3 Å². The normalized spacial score (nSPS) is 10.9. The van der Waals surface area contributed by atoms with Crippen molar-refractivity contribution < 1.29 is 17.9 Å². The Morgan fingerprint density at radius 3 is 2.21 bits per heavy atom. The standard InChI is InChI=1S/C17H20N2O4S/c1-24(21,22)19(15-8-4-2-5-9-15)13-12-18-17(20)14-23-16-10-6-3-7-11-16/h2-11H,12-14H2,1H3,(H,18,20). The van der Waals surface area contributed by atoms with Crippen LogP contribution in [0.3, 0.4) is 0 Å². The lowest BCUT2D eigenvalue weighted by molar-refractivity contribution is -0.123. The van der Waals surface area contributed by atoms with E-state index in [2.05, 4.69) is 5.32 Å². The third-order valence-corrected chi connectivity index (χ3v) is 4.39. The van der Waals surface area contributed by atoms with Crippen molar-refractivity contribution in [3.63, 3.8) is 0 Å². The van der Waals surface area contributed by atoms with E-state index in [1.165, 1.54) is 4.31 Å². The Balaban J connectivity index is 1.83. The van der Waals surface area contributed by atoms with Crippen LogP contribution in [0.15, 0.2) is 60.7 Å². The topological polar surface area (TPSA) is 75.7 Å². The highest BCUT2D eigenvalue weighted by Gasteiger charge is 2.16. The van der Waals surface area contributed by atoms with Crippen molar-refractivity contribution >= 4 is 21.6 Å². The molecule has 128 valence electrons. The summed E-state index contributed by atoms with van der Waals surface area (Å²) in [6, 6.07) is 17.8. The van der Waals surface area contributed by atoms with Crippen molar-refractivity contribution in [1.29, 1.82) is 0 Å². The van der Waals surface area contributed by atoms with Gasteiger partial charge in [-0.1, -0.05) is 36.4 Å². The second-order valence-corrected chi connectivity index (χ2v) is 7.03. The molecule has 1 N–H and O–H groups in total. The van der Waals surface area contributed by atoms with Crippen LogP contribution in [-0.4, -0.2) is 40.3 Å². The van der Waals surface area contributed by atoms with E-state index in [0.29, 0.717) is 11.4 Å². The molecule has 0 unspecified atom stereocenters. The molecule has 2 rings (SSSR count). The van der Waals surface area contributed by atoms with Crippen molar-refractivity contribution in [2.45, 2.75) is 0 Å². The summed E-state index contributed by atoms with van der Waals surface area (Å²) in [5.74, 6) is 0.301. The number of hydrogen-bond acceptors (Lipinski definition) is 4. The van der Waals surface area contributed by atoms with Gasteiger partial charge in [-0.3, -0.25) is 9.10 Å². The lowest BCUT2D eigenvalue weighted by Crippen LogP contribution is -2.39. The number of anilines is 1. The molecular weight excluding hydrogens is 328 g/mol. The molecule has 0 heterocycles. The zero-order valence-electron chi connectivity index (χ0n) is 13.4. The monoisotopic (exact) mass is 348 g/mol. The molecule has 2 aromatic rings. The fourth-order valence-corrected chi connectivity index (χ4v) is 3.02. The van der Waals surface area contributed by atoms with Gasteiger partial charge in [-0.05, 0) is 24.3 Å². The van der Waals surface area contributed by atoms with Gasteiger partial charge in [0, 0.05) is 6.54 Å². The predicted molar refractivity (Wildman–Crippen MR) is 93.6 cm³/mol. The molecule has 7 heteroatoms. The highest BCUT2D eigenvalue weighted by atomic mass is 32.2. The molecule has 0 aliphatic rings. The number of carbonyl (C=O) groups excluding carboxylic acids is 1. The maximum absolute atomic E-state index is 11.9. The molecule has 0 atom stereocenters. The Kier molecular flexibility index (Phi) is 6.20. The Morgan fingerprint density at radius 1 is 1.04 bits per heavy atom. The van der Waals surface area contributed by atoms with Gasteiger partial charge in [0.15, 0.2) is 6.61 Å². The minimum absolute atomic E-state index is 0.117. The first-order valence-electron chi connectivity index (χ1n) is 7.44. The van der Waals surface area contributed by atoms with Crippen LogP contribution in [0.5, 0.6) is 5.75 Å². The number of ether oxygens (including phenoxy) is 1. The highest BCUT2D eigenvalue weighted by molar-refractivity contribution is 7.92. The van der Waals surface area contributed by atoms with Crippen LogP contribution in [0.25, 0.3) is 0 Å². The fourth-order valence-electron chi connectivity index (χ4n) is 2.09. The second kappa shape index (κ2) is 8.35. The van der Waals surface area contributed by atoms with E-state index in [1.807, 2.05) is 24.3 Å². The maximum atomic E-state index is 11.9. The summed E-state index contributed by atoms with van der Waals surface area (Å²) >= 11 is 0. The van der Waals surface area contributed by atoms with Gasteiger partial charge < -0.3 is 10.1 Å². The van der Waals surface area contributed by atoms with Gasteiger partial charge in [0.2, 0.25) is 10.0 Å². The number of para-hydroxylation sites is 2. The van der Waals surface area contributed by atoms with E-state index in [0.717, 1.165) is 6.26 Å². The molecule has 0 saturated carbocycles. The molecule has 0 aliphatic carbocycles. The molecule has 24 heavy (non-hydrogen) atoms. The zero-order chi connectivity index (χ0) is 17.4. The summed E-state index contributed by atoms with van der Waals surface area (Å²) in [6.07, 6.45) is 1.14. The third kappa shape index (κ3) is 5.58. The first-order valence-corrected chi connectivity index (χ1v) is 9.29. The Bertz CT molecular complexity index is 749. The summed E-state index contributed by atoms with van der Waals surface area (Å²) in [6.45, 7) is 0.229. The van der Waals surface area contributed by atoms with Crippen molar-refractivity contribution in [1.82, 2.24) is 5.32 Å². The highest BCUT2D eigenvalue weighted by Crippen LogP contribution is 2.15. The number of benzene rings is 2. The van der Waals surface area contributed by atoms with Gasteiger partial charge in [-0.15, -0.1) is 0 Å². The quantitative estimate of drug-likeness (QED) is 0.787. The third-order valence-electron chi connectivity index (χ3n) is 3.19. The van der Waals surface area contributed by atoms with Crippen molar-refractivity contribution in [3.8, 4) is 5.75 Å². The molecule has 6 nitrogen and oxygen atoms in total. The molecule has 0 saturated heterocycles. The van der Waals surface area contributed by atoms with Gasteiger partial charge in [0.05, 0.1) is 18.5 Å². The molecule has 2 aromatic carbocycles. The average molecular weight is 348 g/mol. The van der Waals surface area contributed by atoms with Crippen LogP contribution in [0, 0.1) is 0 Å². The second-order valence-electron chi connectivity index (χ2n) is 5.12. The minimum Gasteiger partial charge on any atom is -0.484 e. The van der Waals surface area contributed by atoms with Crippen LogP contribution < -0.4 is 14.4 Å². The van der Waals surface area contributed by atoms with Gasteiger partial charge in [-0.25, -0.2) is 8.42 Å². The predicted octanol–water partition coefficient (Wildman–Crippen LogP) is 1.65. The summed E-state index contributed by atoms with van der Waals surface area (Å²) in [5.41, 5.74) is 0.565. The molecule has 0 aliphatic heterocycles. The smallest absolute Gasteiger partial charge is 0.258 e. The van der Waals surface area contributed by atoms with E-state index in [-0.39, 0.29) is 25.6 Å². The fraction of sp³-hybridized carbons (Fsp3) is 0.235. The Morgan fingerprint density at radius 2 is 1.62 bits per heavy atom. The van der Waals surface area contributed by atoms with Gasteiger partial charge in [0.25, 0.3) is 5.91 Å². The van der Waals surface area contributed by atoms with E-state index < -0.39 is 10.0 Å². The van der Waals surface area contributed by atoms with Crippen LogP contribution in [0.2, 0.25) is 0 Å². The zero-order valence-corrected chi connectivity index (χ0v) is 14.2. The first-order chi connectivity index (χ1) is 11.5. The number of nitrogens with one attached hydrogen (secondary N) is 1. The van der Waals surface area contributed by atoms with Crippen molar-refractivity contribution in [3.05, 3.63) is 60.7 Å². The number of hydrogen-bond donors (Lipinski definition) is 1. The minimum atomic E-state index is -3.42. The number of rotatable bonds is 8. The molecule has 0 bridgehead atoms. The summed E-state index contributed by atoms with van der Waals surface area (Å²) in [5, 5.41) is 2.66. The number of nitrogens with zero attached hydrogens (tertiary/aromatic N) is 1.